The Balaban J connectivity index is 1.48. The molecule has 2 unspecified atom stereocenters. The summed E-state index contributed by atoms with van der Waals surface area (Å²) in [5.74, 6) is 0.0379. The molecule has 1 heterocycles. The predicted octanol–water partition coefficient (Wildman–Crippen LogP) is 5.23. The molecule has 2 amide bonds. The molecule has 202 valence electrons. The minimum Gasteiger partial charge on any atom is -0.410 e. The molecule has 0 spiro atoms. The van der Waals surface area contributed by atoms with Crippen molar-refractivity contribution in [3.05, 3.63) is 101 Å². The van der Waals surface area contributed by atoms with Crippen LogP contribution in [0.5, 0.6) is 5.75 Å². The lowest BCUT2D eigenvalue weighted by Gasteiger charge is -2.29. The molecule has 0 aromatic heterocycles. The van der Waals surface area contributed by atoms with Crippen molar-refractivity contribution in [2.45, 2.75) is 24.7 Å². The molecule has 0 bridgehead atoms. The molecule has 1 aliphatic rings. The topological polar surface area (TPSA) is 85.7 Å². The normalized spacial score (nSPS) is 16.3. The zero-order valence-electron chi connectivity index (χ0n) is 21.4. The number of carbonyl (C=O) groups is 2. The number of amides is 2. The maximum absolute atomic E-state index is 13.1. The highest BCUT2D eigenvalue weighted by Crippen LogP contribution is 2.35. The van der Waals surface area contributed by atoms with Gasteiger partial charge in [-0.05, 0) is 66.1 Å². The molecule has 1 N–H and O–H groups in total. The van der Waals surface area contributed by atoms with Gasteiger partial charge in [-0.1, -0.05) is 24.3 Å². The molecule has 39 heavy (non-hydrogen) atoms. The first-order valence-electron chi connectivity index (χ1n) is 12.3. The summed E-state index contributed by atoms with van der Waals surface area (Å²) in [7, 11) is 3.14. The number of hydrogen-bond acceptors (Lipinski definition) is 5. The first kappa shape index (κ1) is 27.7. The van der Waals surface area contributed by atoms with E-state index in [1.54, 1.807) is 62.6 Å². The second-order valence-corrected chi connectivity index (χ2v) is 9.50. The van der Waals surface area contributed by atoms with E-state index in [1.807, 2.05) is 0 Å². The third-order valence-electron chi connectivity index (χ3n) is 6.52. The van der Waals surface area contributed by atoms with Crippen molar-refractivity contribution in [1.29, 1.82) is 5.26 Å². The van der Waals surface area contributed by atoms with Gasteiger partial charge in [0.2, 0.25) is 0 Å². The molecule has 4 rings (SSSR count). The summed E-state index contributed by atoms with van der Waals surface area (Å²) < 4.78 is 44.6. The fraction of sp³-hybridized carbons (Fsp3) is 0.276. The second-order valence-electron chi connectivity index (χ2n) is 9.50. The molecule has 0 radical (unpaired) electrons. The van der Waals surface area contributed by atoms with E-state index in [0.29, 0.717) is 42.0 Å². The van der Waals surface area contributed by atoms with Gasteiger partial charge in [0, 0.05) is 38.8 Å². The number of nitrogens with one attached hydrogen (secondary N) is 1. The van der Waals surface area contributed by atoms with Gasteiger partial charge in [-0.15, -0.1) is 0 Å². The third-order valence-corrected chi connectivity index (χ3v) is 6.52. The largest absolute Gasteiger partial charge is 0.416 e. The van der Waals surface area contributed by atoms with Crippen LogP contribution in [0.25, 0.3) is 0 Å². The van der Waals surface area contributed by atoms with Gasteiger partial charge in [0.15, 0.2) is 0 Å². The van der Waals surface area contributed by atoms with E-state index in [9.17, 15) is 22.8 Å². The van der Waals surface area contributed by atoms with Gasteiger partial charge in [0.25, 0.3) is 5.91 Å². The number of nitriles is 1. The SMILES string of the molecule is CN(C)C(=O)Oc1ccc(C(=O)NC2CCN(C(c3ccc(C#N)cc3)c3ccc(C(F)(F)F)cc3)C2)cc1. The van der Waals surface area contributed by atoms with Gasteiger partial charge >= 0.3 is 12.3 Å². The average molecular weight is 537 g/mol. The standard InChI is InChI=1S/C29H27F3N4O3/c1-35(2)28(38)39-25-13-9-22(10-14-25)27(37)34-24-15-16-36(18-24)26(20-5-3-19(17-33)4-6-20)21-7-11-23(12-8-21)29(30,31)32/h3-14,24,26H,15-16,18H2,1-2H3,(H,34,37). The van der Waals surface area contributed by atoms with E-state index in [-0.39, 0.29) is 18.0 Å². The van der Waals surface area contributed by atoms with E-state index in [0.717, 1.165) is 17.7 Å². The zero-order valence-corrected chi connectivity index (χ0v) is 21.4. The summed E-state index contributed by atoms with van der Waals surface area (Å²) >= 11 is 0. The molecule has 10 heteroatoms. The van der Waals surface area contributed by atoms with Crippen molar-refractivity contribution in [2.75, 3.05) is 27.2 Å². The van der Waals surface area contributed by atoms with E-state index in [1.165, 1.54) is 17.0 Å². The van der Waals surface area contributed by atoms with Crippen LogP contribution >= 0.6 is 0 Å². The van der Waals surface area contributed by atoms with Crippen LogP contribution < -0.4 is 10.1 Å². The number of rotatable bonds is 6. The first-order valence-corrected chi connectivity index (χ1v) is 12.3. The fourth-order valence-electron chi connectivity index (χ4n) is 4.48. The lowest BCUT2D eigenvalue weighted by molar-refractivity contribution is -0.137. The van der Waals surface area contributed by atoms with Gasteiger partial charge < -0.3 is 15.0 Å². The molecule has 3 aromatic rings. The predicted molar refractivity (Wildman–Crippen MR) is 138 cm³/mol. The van der Waals surface area contributed by atoms with Gasteiger partial charge in [-0.2, -0.15) is 18.4 Å². The number of halogens is 3. The molecule has 1 aliphatic heterocycles. The molecular formula is C29H27F3N4O3. The van der Waals surface area contributed by atoms with Crippen molar-refractivity contribution < 1.29 is 27.5 Å². The van der Waals surface area contributed by atoms with Crippen molar-refractivity contribution in [1.82, 2.24) is 15.1 Å². The lowest BCUT2D eigenvalue weighted by atomic mass is 9.95. The third kappa shape index (κ3) is 6.75. The van der Waals surface area contributed by atoms with E-state index < -0.39 is 17.8 Å². The van der Waals surface area contributed by atoms with Crippen LogP contribution in [-0.4, -0.2) is 55.0 Å². The Morgan fingerprint density at radius 3 is 2.13 bits per heavy atom. The van der Waals surface area contributed by atoms with E-state index in [4.69, 9.17) is 10.00 Å². The van der Waals surface area contributed by atoms with Crippen LogP contribution in [0.15, 0.2) is 72.8 Å². The van der Waals surface area contributed by atoms with Crippen molar-refractivity contribution in [2.24, 2.45) is 0 Å². The fourth-order valence-corrected chi connectivity index (χ4v) is 4.48. The van der Waals surface area contributed by atoms with Crippen molar-refractivity contribution >= 4 is 12.0 Å². The maximum atomic E-state index is 13.1. The Hall–Kier alpha value is -4.36. The summed E-state index contributed by atoms with van der Waals surface area (Å²) in [5.41, 5.74) is 1.69. The van der Waals surface area contributed by atoms with Gasteiger partial charge in [0.05, 0.1) is 23.2 Å². The van der Waals surface area contributed by atoms with Crippen molar-refractivity contribution in [3.8, 4) is 11.8 Å². The number of alkyl halides is 3. The Labute approximate surface area is 224 Å². The summed E-state index contributed by atoms with van der Waals surface area (Å²) in [6.07, 6.45) is -4.31. The second kappa shape index (κ2) is 11.6. The van der Waals surface area contributed by atoms with Gasteiger partial charge in [0.1, 0.15) is 5.75 Å². The van der Waals surface area contributed by atoms with Gasteiger partial charge in [-0.3, -0.25) is 9.69 Å². The van der Waals surface area contributed by atoms with E-state index in [2.05, 4.69) is 16.3 Å². The first-order chi connectivity index (χ1) is 18.5. The summed E-state index contributed by atoms with van der Waals surface area (Å²) in [6.45, 7) is 1.09. The van der Waals surface area contributed by atoms with Crippen LogP contribution in [0.3, 0.4) is 0 Å². The highest BCUT2D eigenvalue weighted by atomic mass is 19.4. The van der Waals surface area contributed by atoms with E-state index >= 15 is 0 Å². The molecule has 1 fully saturated rings. The smallest absolute Gasteiger partial charge is 0.410 e. The van der Waals surface area contributed by atoms with Crippen LogP contribution in [0, 0.1) is 11.3 Å². The Bertz CT molecular complexity index is 1350. The monoisotopic (exact) mass is 536 g/mol. The van der Waals surface area contributed by atoms with Crippen LogP contribution in [-0.2, 0) is 6.18 Å². The van der Waals surface area contributed by atoms with Crippen LogP contribution in [0.1, 0.15) is 45.1 Å². The summed E-state index contributed by atoms with van der Waals surface area (Å²) in [4.78, 5) is 28.0. The Kier molecular flexibility index (Phi) is 8.21. The number of hydrogen-bond donors (Lipinski definition) is 1. The molecular weight excluding hydrogens is 509 g/mol. The van der Waals surface area contributed by atoms with Crippen LogP contribution in [0.4, 0.5) is 18.0 Å². The van der Waals surface area contributed by atoms with Gasteiger partial charge in [-0.25, -0.2) is 4.79 Å². The minimum absolute atomic E-state index is 0.181. The molecule has 1 saturated heterocycles. The Morgan fingerprint density at radius 2 is 1.59 bits per heavy atom. The summed E-state index contributed by atoms with van der Waals surface area (Å²) in [6, 6.07) is 19.8. The zero-order chi connectivity index (χ0) is 28.2. The number of likely N-dealkylation sites (tertiary alicyclic amines) is 1. The summed E-state index contributed by atoms with van der Waals surface area (Å²) in [5, 5.41) is 12.2. The molecule has 0 saturated carbocycles. The molecule has 3 aromatic carbocycles. The number of benzene rings is 3. The number of ether oxygens (including phenoxy) is 1. The minimum atomic E-state index is -4.43. The molecule has 2 atom stereocenters. The molecule has 0 aliphatic carbocycles. The number of nitrogens with zero attached hydrogens (tertiary/aromatic N) is 3. The highest BCUT2D eigenvalue weighted by molar-refractivity contribution is 5.94. The Morgan fingerprint density at radius 1 is 1.00 bits per heavy atom. The quantitative estimate of drug-likeness (QED) is 0.466. The maximum Gasteiger partial charge on any atom is 0.416 e. The highest BCUT2D eigenvalue weighted by Gasteiger charge is 2.33. The molecule has 7 nitrogen and oxygen atoms in total. The number of carbonyl (C=O) groups excluding carboxylic acids is 2. The lowest BCUT2D eigenvalue weighted by Crippen LogP contribution is -2.38. The average Bonchev–Trinajstić information content (AvgIpc) is 3.37. The van der Waals surface area contributed by atoms with Crippen LogP contribution in [0.2, 0.25) is 0 Å². The van der Waals surface area contributed by atoms with Crippen molar-refractivity contribution in [3.63, 3.8) is 0 Å².